The van der Waals surface area contributed by atoms with Crippen LogP contribution in [-0.4, -0.2) is 53.4 Å². The topological polar surface area (TPSA) is 89.0 Å². The first-order valence-electron chi connectivity index (χ1n) is 9.37. The molecule has 7 nitrogen and oxygen atoms in total. The second-order valence-electron chi connectivity index (χ2n) is 7.47. The van der Waals surface area contributed by atoms with Gasteiger partial charge in [-0.3, -0.25) is 4.79 Å². The molecule has 1 amide bonds. The van der Waals surface area contributed by atoms with E-state index in [1.807, 2.05) is 0 Å². The molecule has 2 fully saturated rings. The van der Waals surface area contributed by atoms with Crippen LogP contribution >= 0.6 is 0 Å². The number of hydrogen-bond donors (Lipinski definition) is 1. The van der Waals surface area contributed by atoms with Crippen LogP contribution in [0.1, 0.15) is 18.4 Å². The Balaban J connectivity index is 1.60. The van der Waals surface area contributed by atoms with E-state index in [-0.39, 0.29) is 29.7 Å². The zero-order valence-electron chi connectivity index (χ0n) is 16.0. The molecule has 2 aliphatic rings. The summed E-state index contributed by atoms with van der Waals surface area (Å²) >= 11 is 0. The van der Waals surface area contributed by atoms with Gasteiger partial charge in [0.2, 0.25) is 5.88 Å². The van der Waals surface area contributed by atoms with Crippen molar-refractivity contribution in [1.82, 2.24) is 9.88 Å². The van der Waals surface area contributed by atoms with Crippen molar-refractivity contribution in [3.63, 3.8) is 0 Å². The molecule has 1 aliphatic heterocycles. The summed E-state index contributed by atoms with van der Waals surface area (Å²) in [5, 5.41) is 9.08. The molecule has 152 valence electrons. The maximum atomic E-state index is 13.3. The molecule has 1 aliphatic carbocycles. The van der Waals surface area contributed by atoms with Crippen molar-refractivity contribution in [3.8, 4) is 17.1 Å². The van der Waals surface area contributed by atoms with Crippen LogP contribution < -0.4 is 4.74 Å². The highest BCUT2D eigenvalue weighted by Crippen LogP contribution is 2.48. The largest absolute Gasteiger partial charge is 0.474 e. The van der Waals surface area contributed by atoms with Crippen molar-refractivity contribution in [2.75, 3.05) is 20.2 Å². The third-order valence-electron chi connectivity index (χ3n) is 5.66. The lowest BCUT2D eigenvalue weighted by molar-refractivity contribution is -0.141. The van der Waals surface area contributed by atoms with Crippen LogP contribution in [0, 0.1) is 17.7 Å². The zero-order valence-corrected chi connectivity index (χ0v) is 16.0. The number of ether oxygens (including phenoxy) is 2. The van der Waals surface area contributed by atoms with Crippen molar-refractivity contribution >= 4 is 12.1 Å². The number of benzene rings is 1. The number of aromatic nitrogens is 1. The van der Waals surface area contributed by atoms with Crippen LogP contribution in [-0.2, 0) is 9.53 Å². The number of hydrogen-bond acceptors (Lipinski definition) is 5. The standard InChI is InChI=1S/C21H21FN2O5/c1-11(20(25)28-2)13-7-17(12-3-5-14(22)6-4-12)23-18(8-13)29-19-15-9-24(21(26)27)10-16(15)19/h3-8,11,15-16,19H,9-10H2,1-2H3,(H,26,27)/t11?,15-,16+,19-. The molecule has 1 aromatic heterocycles. The summed E-state index contributed by atoms with van der Waals surface area (Å²) in [5.41, 5.74) is 1.94. The van der Waals surface area contributed by atoms with Crippen LogP contribution in [0.2, 0.25) is 0 Å². The summed E-state index contributed by atoms with van der Waals surface area (Å²) in [6.07, 6.45) is -1.01. The van der Waals surface area contributed by atoms with Gasteiger partial charge in [-0.1, -0.05) is 0 Å². The van der Waals surface area contributed by atoms with E-state index in [9.17, 15) is 14.0 Å². The lowest BCUT2D eigenvalue weighted by Crippen LogP contribution is -2.31. The highest BCUT2D eigenvalue weighted by atomic mass is 19.1. The quantitative estimate of drug-likeness (QED) is 0.776. The Morgan fingerprint density at radius 3 is 2.45 bits per heavy atom. The Labute approximate surface area is 167 Å². The number of pyridine rings is 1. The highest BCUT2D eigenvalue weighted by Gasteiger charge is 2.59. The number of carboxylic acid groups (broad SMARTS) is 1. The molecule has 0 radical (unpaired) electrons. The van der Waals surface area contributed by atoms with Gasteiger partial charge in [0.15, 0.2) is 0 Å². The maximum Gasteiger partial charge on any atom is 0.407 e. The maximum absolute atomic E-state index is 13.3. The summed E-state index contributed by atoms with van der Waals surface area (Å²) in [7, 11) is 1.33. The molecule has 0 spiro atoms. The van der Waals surface area contributed by atoms with E-state index in [2.05, 4.69) is 4.98 Å². The highest BCUT2D eigenvalue weighted by molar-refractivity contribution is 5.78. The molecule has 0 bridgehead atoms. The van der Waals surface area contributed by atoms with Gasteiger partial charge < -0.3 is 19.5 Å². The molecule has 29 heavy (non-hydrogen) atoms. The van der Waals surface area contributed by atoms with E-state index in [0.29, 0.717) is 35.8 Å². The number of carbonyl (C=O) groups is 2. The Bertz CT molecular complexity index is 937. The monoisotopic (exact) mass is 400 g/mol. The molecule has 1 saturated carbocycles. The minimum atomic E-state index is -0.915. The second-order valence-corrected chi connectivity index (χ2v) is 7.47. The fourth-order valence-corrected chi connectivity index (χ4v) is 3.86. The van der Waals surface area contributed by atoms with Crippen molar-refractivity contribution in [3.05, 3.63) is 47.8 Å². The van der Waals surface area contributed by atoms with Crippen LogP contribution in [0.5, 0.6) is 5.88 Å². The van der Waals surface area contributed by atoms with E-state index in [1.54, 1.807) is 31.2 Å². The number of fused-ring (bicyclic) bond motifs is 1. The van der Waals surface area contributed by atoms with Gasteiger partial charge in [-0.2, -0.15) is 0 Å². The summed E-state index contributed by atoms with van der Waals surface area (Å²) in [4.78, 5) is 29.0. The average Bonchev–Trinajstić information content (AvgIpc) is 3.13. The summed E-state index contributed by atoms with van der Waals surface area (Å²) < 4.78 is 24.2. The van der Waals surface area contributed by atoms with E-state index >= 15 is 0 Å². The minimum absolute atomic E-state index is 0.0946. The van der Waals surface area contributed by atoms with Gasteiger partial charge in [-0.25, -0.2) is 14.2 Å². The molecule has 8 heteroatoms. The Kier molecular flexibility index (Phi) is 4.86. The molecule has 4 atom stereocenters. The van der Waals surface area contributed by atoms with Gasteiger partial charge in [0, 0.05) is 36.6 Å². The lowest BCUT2D eigenvalue weighted by atomic mass is 9.99. The molecular weight excluding hydrogens is 379 g/mol. The smallest absolute Gasteiger partial charge is 0.407 e. The SMILES string of the molecule is COC(=O)C(C)c1cc(O[C@@H]2[C@@H]3CN(C(=O)O)C[C@@H]32)nc(-c2ccc(F)cc2)c1. The first-order valence-corrected chi connectivity index (χ1v) is 9.37. The second kappa shape index (κ2) is 7.35. The van der Waals surface area contributed by atoms with Gasteiger partial charge in [-0.15, -0.1) is 0 Å². The Morgan fingerprint density at radius 1 is 1.21 bits per heavy atom. The molecule has 1 unspecified atom stereocenters. The van der Waals surface area contributed by atoms with Crippen LogP contribution in [0.3, 0.4) is 0 Å². The first kappa shape index (κ1) is 19.2. The Hall–Kier alpha value is -3.16. The first-order chi connectivity index (χ1) is 13.9. The average molecular weight is 400 g/mol. The predicted molar refractivity (Wildman–Crippen MR) is 101 cm³/mol. The fourth-order valence-electron chi connectivity index (χ4n) is 3.86. The number of nitrogens with zero attached hydrogens (tertiary/aromatic N) is 2. The predicted octanol–water partition coefficient (Wildman–Crippen LogP) is 3.15. The molecule has 2 aromatic rings. The van der Waals surface area contributed by atoms with Gasteiger partial charge in [0.05, 0.1) is 18.7 Å². The van der Waals surface area contributed by atoms with Crippen LogP contribution in [0.25, 0.3) is 11.3 Å². The Morgan fingerprint density at radius 2 is 1.86 bits per heavy atom. The lowest BCUT2D eigenvalue weighted by Gasteiger charge is -2.18. The number of likely N-dealkylation sites (tertiary alicyclic amines) is 1. The zero-order chi connectivity index (χ0) is 20.7. The van der Waals surface area contributed by atoms with E-state index in [4.69, 9.17) is 14.6 Å². The van der Waals surface area contributed by atoms with Crippen LogP contribution in [0.15, 0.2) is 36.4 Å². The van der Waals surface area contributed by atoms with Gasteiger partial charge in [-0.05, 0) is 42.8 Å². The molecular formula is C21H21FN2O5. The summed E-state index contributed by atoms with van der Waals surface area (Å²) in [5.74, 6) is -0.581. The summed E-state index contributed by atoms with van der Waals surface area (Å²) in [6.45, 7) is 2.64. The third kappa shape index (κ3) is 3.74. The van der Waals surface area contributed by atoms with E-state index in [1.165, 1.54) is 24.1 Å². The number of methoxy groups -OCH3 is 1. The third-order valence-corrected chi connectivity index (χ3v) is 5.66. The number of rotatable bonds is 5. The molecule has 4 rings (SSSR count). The van der Waals surface area contributed by atoms with E-state index in [0.717, 1.165) is 0 Å². The van der Waals surface area contributed by atoms with Crippen LogP contribution in [0.4, 0.5) is 9.18 Å². The van der Waals surface area contributed by atoms with Gasteiger partial charge >= 0.3 is 12.1 Å². The summed E-state index contributed by atoms with van der Waals surface area (Å²) in [6, 6.07) is 9.40. The number of piperidine rings is 1. The van der Waals surface area contributed by atoms with Crippen molar-refractivity contribution < 1.29 is 28.6 Å². The minimum Gasteiger partial charge on any atom is -0.474 e. The molecule has 1 saturated heterocycles. The number of carbonyl (C=O) groups excluding carboxylic acids is 1. The fraction of sp³-hybridized carbons (Fsp3) is 0.381. The number of amides is 1. The van der Waals surface area contributed by atoms with Gasteiger partial charge in [0.25, 0.3) is 0 Å². The molecule has 2 heterocycles. The number of esters is 1. The van der Waals surface area contributed by atoms with Crippen molar-refractivity contribution in [1.29, 1.82) is 0 Å². The van der Waals surface area contributed by atoms with Crippen molar-refractivity contribution in [2.24, 2.45) is 11.8 Å². The van der Waals surface area contributed by atoms with E-state index < -0.39 is 12.0 Å². The van der Waals surface area contributed by atoms with Gasteiger partial charge in [0.1, 0.15) is 11.9 Å². The molecule has 1 aromatic carbocycles. The molecule has 1 N–H and O–H groups in total. The normalized spacial score (nSPS) is 23.3. The number of halogens is 1. The van der Waals surface area contributed by atoms with Crippen molar-refractivity contribution in [2.45, 2.75) is 18.9 Å².